The maximum absolute atomic E-state index is 12.6. The number of aliphatic hydroxyl groups excluding tert-OH is 1. The van der Waals surface area contributed by atoms with Gasteiger partial charge in [-0.05, 0) is 48.8 Å². The van der Waals surface area contributed by atoms with Crippen LogP contribution in [0, 0.1) is 5.92 Å². The van der Waals surface area contributed by atoms with Gasteiger partial charge in [0.05, 0.1) is 12.0 Å². The average molecular weight is 383 g/mol. The molecule has 1 amide bonds. The Morgan fingerprint density at radius 2 is 1.96 bits per heavy atom. The van der Waals surface area contributed by atoms with Gasteiger partial charge in [-0.15, -0.1) is 0 Å². The number of pyridine rings is 1. The molecule has 1 aliphatic heterocycles. The Bertz CT molecular complexity index is 915. The molecule has 28 heavy (non-hydrogen) atoms. The zero-order valence-corrected chi connectivity index (χ0v) is 16.5. The molecule has 2 fully saturated rings. The number of carbonyl (C=O) groups excluding carboxylic acids is 1. The number of aliphatic hydroxyl groups is 1. The van der Waals surface area contributed by atoms with Gasteiger partial charge in [0, 0.05) is 43.8 Å². The van der Waals surface area contributed by atoms with Crippen LogP contribution in [-0.2, 0) is 17.8 Å². The molecule has 0 unspecified atom stereocenters. The highest BCUT2D eigenvalue weighted by molar-refractivity contribution is 5.80. The van der Waals surface area contributed by atoms with Crippen molar-refractivity contribution < 1.29 is 9.90 Å². The van der Waals surface area contributed by atoms with Crippen LogP contribution in [0.3, 0.4) is 0 Å². The predicted molar refractivity (Wildman–Crippen MR) is 109 cm³/mol. The molecule has 6 heteroatoms. The summed E-state index contributed by atoms with van der Waals surface area (Å²) in [6.07, 6.45) is 2.78. The third-order valence-corrected chi connectivity index (χ3v) is 6.26. The van der Waals surface area contributed by atoms with Crippen molar-refractivity contribution in [2.24, 2.45) is 5.92 Å². The molecule has 2 N–H and O–H groups in total. The van der Waals surface area contributed by atoms with Crippen LogP contribution in [0.5, 0.6) is 0 Å². The predicted octanol–water partition coefficient (Wildman–Crippen LogP) is 1.90. The third-order valence-electron chi connectivity index (χ3n) is 6.26. The van der Waals surface area contributed by atoms with E-state index in [1.807, 2.05) is 17.9 Å². The van der Waals surface area contributed by atoms with Crippen molar-refractivity contribution in [3.8, 4) is 0 Å². The van der Waals surface area contributed by atoms with Crippen molar-refractivity contribution in [2.75, 3.05) is 26.2 Å². The van der Waals surface area contributed by atoms with Crippen molar-refractivity contribution in [1.82, 2.24) is 14.8 Å². The first kappa shape index (κ1) is 19.2. The number of aromatic nitrogens is 1. The Balaban J connectivity index is 1.38. The van der Waals surface area contributed by atoms with Gasteiger partial charge in [-0.25, -0.2) is 0 Å². The number of fused-ring (bicyclic) bond motifs is 1. The maximum atomic E-state index is 12.6. The molecule has 6 nitrogen and oxygen atoms in total. The van der Waals surface area contributed by atoms with Crippen LogP contribution < -0.4 is 5.56 Å². The molecular weight excluding hydrogens is 354 g/mol. The lowest BCUT2D eigenvalue weighted by Crippen LogP contribution is -2.50. The second kappa shape index (κ2) is 8.05. The molecule has 1 saturated heterocycles. The molecule has 1 aliphatic carbocycles. The summed E-state index contributed by atoms with van der Waals surface area (Å²) in [7, 11) is 0. The Kier molecular flexibility index (Phi) is 5.51. The second-order valence-corrected chi connectivity index (χ2v) is 8.11. The van der Waals surface area contributed by atoms with Crippen LogP contribution in [-0.4, -0.2) is 58.1 Å². The highest BCUT2D eigenvalue weighted by Crippen LogP contribution is 2.27. The molecule has 1 saturated carbocycles. The van der Waals surface area contributed by atoms with E-state index < -0.39 is 6.10 Å². The first-order valence-electron chi connectivity index (χ1n) is 10.4. The summed E-state index contributed by atoms with van der Waals surface area (Å²) >= 11 is 0. The Morgan fingerprint density at radius 1 is 1.18 bits per heavy atom. The number of hydrogen-bond acceptors (Lipinski definition) is 4. The van der Waals surface area contributed by atoms with Gasteiger partial charge in [0.2, 0.25) is 5.91 Å². The first-order chi connectivity index (χ1) is 13.5. The van der Waals surface area contributed by atoms with E-state index in [0.717, 1.165) is 61.8 Å². The molecule has 150 valence electrons. The minimum absolute atomic E-state index is 0.00613. The number of hydrogen-bond donors (Lipinski definition) is 2. The molecular formula is C22H29N3O3. The normalized spacial score (nSPS) is 23.4. The summed E-state index contributed by atoms with van der Waals surface area (Å²) in [6.45, 7) is 5.89. The van der Waals surface area contributed by atoms with Crippen molar-refractivity contribution in [3.63, 3.8) is 0 Å². The number of rotatable bonds is 4. The zero-order valence-electron chi connectivity index (χ0n) is 16.5. The van der Waals surface area contributed by atoms with Crippen molar-refractivity contribution in [2.45, 2.75) is 45.3 Å². The fourth-order valence-electron chi connectivity index (χ4n) is 4.50. The topological polar surface area (TPSA) is 76.6 Å². The molecule has 4 rings (SSSR count). The van der Waals surface area contributed by atoms with Crippen LogP contribution in [0.1, 0.15) is 37.3 Å². The minimum atomic E-state index is -0.460. The van der Waals surface area contributed by atoms with Gasteiger partial charge in [0.15, 0.2) is 0 Å². The highest BCUT2D eigenvalue weighted by Gasteiger charge is 2.35. The van der Waals surface area contributed by atoms with Gasteiger partial charge in [0.1, 0.15) is 0 Å². The van der Waals surface area contributed by atoms with Crippen molar-refractivity contribution in [3.05, 3.63) is 45.7 Å². The highest BCUT2D eigenvalue weighted by atomic mass is 16.3. The van der Waals surface area contributed by atoms with Gasteiger partial charge in [-0.3, -0.25) is 14.5 Å². The Labute approximate surface area is 165 Å². The Hall–Kier alpha value is -2.18. The summed E-state index contributed by atoms with van der Waals surface area (Å²) < 4.78 is 0. The molecule has 2 aromatic rings. The monoisotopic (exact) mass is 383 g/mol. The van der Waals surface area contributed by atoms with Gasteiger partial charge >= 0.3 is 0 Å². The molecule has 2 heterocycles. The molecule has 0 bridgehead atoms. The number of aromatic amines is 1. The van der Waals surface area contributed by atoms with Crippen molar-refractivity contribution >= 4 is 16.8 Å². The molecule has 1 aromatic heterocycles. The van der Waals surface area contributed by atoms with E-state index in [-0.39, 0.29) is 17.4 Å². The summed E-state index contributed by atoms with van der Waals surface area (Å²) in [6, 6.07) is 8.22. The van der Waals surface area contributed by atoms with E-state index in [2.05, 4.69) is 28.1 Å². The number of nitrogens with zero attached hydrogens (tertiary/aromatic N) is 2. The number of piperazine rings is 1. The van der Waals surface area contributed by atoms with Crippen LogP contribution in [0.4, 0.5) is 0 Å². The first-order valence-corrected chi connectivity index (χ1v) is 10.4. The fourth-order valence-corrected chi connectivity index (χ4v) is 4.50. The van der Waals surface area contributed by atoms with Gasteiger partial charge in [-0.1, -0.05) is 19.1 Å². The number of nitrogens with one attached hydrogen (secondary N) is 1. The number of amides is 1. The number of carbonyl (C=O) groups is 1. The molecule has 2 atom stereocenters. The summed E-state index contributed by atoms with van der Waals surface area (Å²) in [5, 5.41) is 11.1. The fraction of sp³-hybridized carbons (Fsp3) is 0.545. The van der Waals surface area contributed by atoms with E-state index in [9.17, 15) is 14.7 Å². The van der Waals surface area contributed by atoms with Crippen molar-refractivity contribution in [1.29, 1.82) is 0 Å². The molecule has 1 aromatic carbocycles. The molecule has 2 aliphatic rings. The summed E-state index contributed by atoms with van der Waals surface area (Å²) in [5.41, 5.74) is 2.85. The molecule has 0 radical (unpaired) electrons. The summed E-state index contributed by atoms with van der Waals surface area (Å²) in [4.78, 5) is 31.9. The van der Waals surface area contributed by atoms with Gasteiger partial charge < -0.3 is 15.0 Å². The number of aryl methyl sites for hydroxylation is 1. The van der Waals surface area contributed by atoms with Crippen LogP contribution in [0.25, 0.3) is 10.9 Å². The standard InChI is InChI=1S/C22H29N3O3/c1-2-16-13-17-7-6-15(12-19(17)23-21(16)27)14-24-8-10-25(11-9-24)22(28)18-4-3-5-20(18)26/h6-7,12-13,18,20,26H,2-5,8-11,14H2,1H3,(H,23,27)/t18-,20-/m1/s1. The third kappa shape index (κ3) is 3.84. The van der Waals surface area contributed by atoms with E-state index in [1.165, 1.54) is 5.56 Å². The number of H-pyrrole nitrogens is 1. The van der Waals surface area contributed by atoms with Gasteiger partial charge in [-0.2, -0.15) is 0 Å². The van der Waals surface area contributed by atoms with E-state index >= 15 is 0 Å². The lowest BCUT2D eigenvalue weighted by Gasteiger charge is -2.36. The maximum Gasteiger partial charge on any atom is 0.251 e. The van der Waals surface area contributed by atoms with E-state index in [0.29, 0.717) is 13.1 Å². The largest absolute Gasteiger partial charge is 0.392 e. The molecule has 0 spiro atoms. The quantitative estimate of drug-likeness (QED) is 0.845. The smallest absolute Gasteiger partial charge is 0.251 e. The SMILES string of the molecule is CCc1cc2ccc(CN3CCN(C(=O)[C@@H]4CCC[C@H]4O)CC3)cc2[nH]c1=O. The zero-order chi connectivity index (χ0) is 19.7. The summed E-state index contributed by atoms with van der Waals surface area (Å²) in [5.74, 6) is -0.0727. The Morgan fingerprint density at radius 3 is 2.64 bits per heavy atom. The number of benzene rings is 1. The average Bonchev–Trinajstić information content (AvgIpc) is 3.13. The van der Waals surface area contributed by atoms with E-state index in [1.54, 1.807) is 0 Å². The minimum Gasteiger partial charge on any atom is -0.392 e. The lowest BCUT2D eigenvalue weighted by atomic mass is 10.0. The van der Waals surface area contributed by atoms with E-state index in [4.69, 9.17) is 0 Å². The van der Waals surface area contributed by atoms with Crippen LogP contribution >= 0.6 is 0 Å². The van der Waals surface area contributed by atoms with Crippen LogP contribution in [0.2, 0.25) is 0 Å². The van der Waals surface area contributed by atoms with Crippen LogP contribution in [0.15, 0.2) is 29.1 Å². The lowest BCUT2D eigenvalue weighted by molar-refractivity contribution is -0.140. The van der Waals surface area contributed by atoms with Gasteiger partial charge in [0.25, 0.3) is 5.56 Å². The second-order valence-electron chi connectivity index (χ2n) is 8.11.